The van der Waals surface area contributed by atoms with Gasteiger partial charge in [0, 0.05) is 10.2 Å². The molecule has 0 nitrogen and oxygen atoms in total. The largest absolute Gasteiger partial charge is 0.251 e. The first kappa shape index (κ1) is 6.15. The summed E-state index contributed by atoms with van der Waals surface area (Å²) >= 11 is 0. The van der Waals surface area contributed by atoms with E-state index >= 15 is 0 Å². The molecule has 2 heteroatoms. The van der Waals surface area contributed by atoms with Crippen LogP contribution in [0.15, 0.2) is 0 Å². The predicted molar refractivity (Wildman–Crippen MR) is 30.0 cm³/mol. The molecule has 0 aromatic heterocycles. The Morgan fingerprint density at radius 3 is 2.33 bits per heavy atom. The van der Waals surface area contributed by atoms with Gasteiger partial charge in [-0.15, -0.1) is 0 Å². The molecule has 0 bridgehead atoms. The quantitative estimate of drug-likeness (QED) is 0.450. The molecule has 1 atom stereocenters. The molecule has 0 aromatic rings. The van der Waals surface area contributed by atoms with Crippen LogP contribution in [0.1, 0.15) is 13.3 Å². The minimum atomic E-state index is -0.108. The van der Waals surface area contributed by atoms with Crippen LogP contribution in [0.25, 0.3) is 0 Å². The second kappa shape index (κ2) is 3.34. The fraction of sp³-hybridized carbons (Fsp3) is 1.00. The number of halogens is 1. The molecule has 0 fully saturated rings. The minimum absolute atomic E-state index is 0.108. The molecule has 0 radical (unpaired) electrons. The van der Waals surface area contributed by atoms with Gasteiger partial charge in [-0.25, -0.2) is 0 Å². The molecule has 38 valence electrons. The lowest BCUT2D eigenvalue weighted by Gasteiger charge is -1.95. The third-order valence-electron chi connectivity index (χ3n) is 0.960. The topological polar surface area (TPSA) is 0 Å². The molecule has 6 heavy (non-hydrogen) atoms. The summed E-state index contributed by atoms with van der Waals surface area (Å²) in [5, 5.41) is 0. The van der Waals surface area contributed by atoms with Crippen LogP contribution >= 0.6 is 0 Å². The van der Waals surface area contributed by atoms with E-state index in [2.05, 4.69) is 0 Å². The van der Waals surface area contributed by atoms with Crippen LogP contribution in [0.4, 0.5) is 4.39 Å². The molecule has 0 saturated heterocycles. The van der Waals surface area contributed by atoms with E-state index in [4.69, 9.17) is 0 Å². The SMILES string of the molecule is CCC([SiH3])CF. The summed E-state index contributed by atoms with van der Waals surface area (Å²) in [5.74, 6) is 0. The number of hydrogen-bond acceptors (Lipinski definition) is 0. The zero-order chi connectivity index (χ0) is 4.99. The van der Waals surface area contributed by atoms with E-state index < -0.39 is 0 Å². The van der Waals surface area contributed by atoms with Gasteiger partial charge in [0.1, 0.15) is 0 Å². The molecule has 0 spiro atoms. The summed E-state index contributed by atoms with van der Waals surface area (Å²) in [6, 6.07) is 0. The molecule has 0 N–H and O–H groups in total. The second-order valence-electron chi connectivity index (χ2n) is 1.67. The highest BCUT2D eigenvalue weighted by Gasteiger charge is 1.92. The highest BCUT2D eigenvalue weighted by atomic mass is 28.1. The molecule has 0 amide bonds. The van der Waals surface area contributed by atoms with Gasteiger partial charge in [0.05, 0.1) is 6.67 Å². The van der Waals surface area contributed by atoms with Crippen LogP contribution in [0.3, 0.4) is 0 Å². The van der Waals surface area contributed by atoms with Gasteiger partial charge in [-0.3, -0.25) is 4.39 Å². The molecule has 0 rings (SSSR count). The van der Waals surface area contributed by atoms with Crippen LogP contribution in [-0.4, -0.2) is 16.9 Å². The first-order valence-electron chi connectivity index (χ1n) is 2.37. The summed E-state index contributed by atoms with van der Waals surface area (Å²) in [6.07, 6.45) is 1.02. The van der Waals surface area contributed by atoms with Crippen LogP contribution in [-0.2, 0) is 0 Å². The predicted octanol–water partition coefficient (Wildman–Crippen LogP) is 0.520. The van der Waals surface area contributed by atoms with Gasteiger partial charge in [-0.1, -0.05) is 13.3 Å². The van der Waals surface area contributed by atoms with E-state index in [1.165, 1.54) is 0 Å². The maximum Gasteiger partial charge on any atom is 0.0890 e. The molecule has 0 saturated carbocycles. The Morgan fingerprint density at radius 1 is 1.83 bits per heavy atom. The molecule has 0 aliphatic carbocycles. The van der Waals surface area contributed by atoms with Gasteiger partial charge in [0.15, 0.2) is 0 Å². The summed E-state index contributed by atoms with van der Waals surface area (Å²) in [6.45, 7) is 1.92. The minimum Gasteiger partial charge on any atom is -0.251 e. The van der Waals surface area contributed by atoms with Crippen molar-refractivity contribution in [3.05, 3.63) is 0 Å². The van der Waals surface area contributed by atoms with Crippen molar-refractivity contribution in [2.45, 2.75) is 18.9 Å². The van der Waals surface area contributed by atoms with Crippen molar-refractivity contribution in [1.82, 2.24) is 0 Å². The maximum atomic E-state index is 11.4. The van der Waals surface area contributed by atoms with Crippen molar-refractivity contribution < 1.29 is 4.39 Å². The Kier molecular flexibility index (Phi) is 3.42. The first-order chi connectivity index (χ1) is 2.81. The van der Waals surface area contributed by atoms with Gasteiger partial charge in [-0.2, -0.15) is 0 Å². The van der Waals surface area contributed by atoms with Crippen LogP contribution in [0.2, 0.25) is 5.54 Å². The molecular weight excluding hydrogens is 95.1 g/mol. The first-order valence-corrected chi connectivity index (χ1v) is 3.52. The number of rotatable bonds is 2. The lowest BCUT2D eigenvalue weighted by Crippen LogP contribution is -1.89. The van der Waals surface area contributed by atoms with E-state index in [1.807, 2.05) is 6.92 Å². The zero-order valence-corrected chi connectivity index (χ0v) is 6.37. The summed E-state index contributed by atoms with van der Waals surface area (Å²) in [5.41, 5.74) is 0.407. The molecule has 0 aromatic carbocycles. The fourth-order valence-electron chi connectivity index (χ4n) is 0.109. The van der Waals surface area contributed by atoms with Crippen LogP contribution in [0.5, 0.6) is 0 Å². The fourth-order valence-corrected chi connectivity index (χ4v) is 0.109. The Bertz CT molecular complexity index is 26.7. The Morgan fingerprint density at radius 2 is 2.33 bits per heavy atom. The average molecular weight is 106 g/mol. The lowest BCUT2D eigenvalue weighted by molar-refractivity contribution is 0.469. The Hall–Kier alpha value is 0.147. The maximum absolute atomic E-state index is 11.4. The van der Waals surface area contributed by atoms with Crippen molar-refractivity contribution in [2.24, 2.45) is 0 Å². The molecular formula is C4H11FSi. The lowest BCUT2D eigenvalue weighted by atomic mass is 10.4. The molecule has 0 heterocycles. The normalized spacial score (nSPS) is 15.0. The molecule has 1 unspecified atom stereocenters. The summed E-state index contributed by atoms with van der Waals surface area (Å²) < 4.78 is 11.4. The van der Waals surface area contributed by atoms with E-state index in [1.54, 1.807) is 0 Å². The third-order valence-corrected chi connectivity index (χ3v) is 2.09. The molecule has 0 aliphatic rings. The average Bonchev–Trinajstić information content (AvgIpc) is 1.65. The summed E-state index contributed by atoms with van der Waals surface area (Å²) in [7, 11) is 1.02. The van der Waals surface area contributed by atoms with Gasteiger partial charge in [0.25, 0.3) is 0 Å². The Labute approximate surface area is 41.2 Å². The van der Waals surface area contributed by atoms with E-state index in [-0.39, 0.29) is 6.67 Å². The van der Waals surface area contributed by atoms with Crippen molar-refractivity contribution in [3.8, 4) is 0 Å². The van der Waals surface area contributed by atoms with Gasteiger partial charge < -0.3 is 0 Å². The van der Waals surface area contributed by atoms with Gasteiger partial charge in [0.2, 0.25) is 0 Å². The highest BCUT2D eigenvalue weighted by Crippen LogP contribution is 2.01. The number of hydrogen-bond donors (Lipinski definition) is 0. The standard InChI is InChI=1S/C4H11FSi/c1-2-4(6)3-5/h4H,2-3H2,1,6H3. The smallest absolute Gasteiger partial charge is 0.0890 e. The van der Waals surface area contributed by atoms with Crippen molar-refractivity contribution in [2.75, 3.05) is 6.67 Å². The zero-order valence-electron chi connectivity index (χ0n) is 4.37. The third kappa shape index (κ3) is 2.39. The highest BCUT2D eigenvalue weighted by molar-refractivity contribution is 6.11. The monoisotopic (exact) mass is 106 g/mol. The van der Waals surface area contributed by atoms with Crippen LogP contribution in [0, 0.1) is 0 Å². The van der Waals surface area contributed by atoms with E-state index in [0.29, 0.717) is 5.54 Å². The Balaban J connectivity index is 2.75. The van der Waals surface area contributed by atoms with E-state index in [9.17, 15) is 4.39 Å². The van der Waals surface area contributed by atoms with Crippen molar-refractivity contribution in [1.29, 1.82) is 0 Å². The number of alkyl halides is 1. The van der Waals surface area contributed by atoms with Crippen molar-refractivity contribution >= 4 is 10.2 Å². The van der Waals surface area contributed by atoms with E-state index in [0.717, 1.165) is 16.7 Å². The second-order valence-corrected chi connectivity index (χ2v) is 3.30. The summed E-state index contributed by atoms with van der Waals surface area (Å²) in [4.78, 5) is 0. The molecule has 0 aliphatic heterocycles. The van der Waals surface area contributed by atoms with Crippen LogP contribution < -0.4 is 0 Å². The van der Waals surface area contributed by atoms with Crippen molar-refractivity contribution in [3.63, 3.8) is 0 Å². The van der Waals surface area contributed by atoms with Gasteiger partial charge in [-0.05, 0) is 5.54 Å². The van der Waals surface area contributed by atoms with Gasteiger partial charge >= 0.3 is 0 Å².